The van der Waals surface area contributed by atoms with Gasteiger partial charge in [-0.3, -0.25) is 4.99 Å². The van der Waals surface area contributed by atoms with Gasteiger partial charge in [-0.1, -0.05) is 24.3 Å². The Balaban J connectivity index is 1.65. The molecule has 0 amide bonds. The van der Waals surface area contributed by atoms with Crippen molar-refractivity contribution in [3.8, 4) is 0 Å². The molecule has 1 aliphatic heterocycles. The van der Waals surface area contributed by atoms with Crippen LogP contribution in [0.4, 0.5) is 8.78 Å². The fourth-order valence-electron chi connectivity index (χ4n) is 3.61. The molecule has 3 rings (SSSR count). The minimum Gasteiger partial charge on any atom is -0.381 e. The molecule has 0 aliphatic carbocycles. The molecule has 2 N–H and O–H groups in total. The molecule has 0 saturated carbocycles. The van der Waals surface area contributed by atoms with Crippen molar-refractivity contribution in [3.63, 3.8) is 0 Å². The second-order valence-corrected chi connectivity index (χ2v) is 7.26. The van der Waals surface area contributed by atoms with Crippen LogP contribution in [0, 0.1) is 18.6 Å². The van der Waals surface area contributed by atoms with Crippen molar-refractivity contribution in [1.29, 1.82) is 0 Å². The second-order valence-electron chi connectivity index (χ2n) is 7.26. The number of aryl methyl sites for hydroxylation is 1. The number of halogens is 2. The maximum atomic E-state index is 13.4. The predicted octanol–water partition coefficient (Wildman–Crippen LogP) is 3.69. The Morgan fingerprint density at radius 1 is 1.07 bits per heavy atom. The molecule has 0 aromatic heterocycles. The van der Waals surface area contributed by atoms with E-state index in [0.29, 0.717) is 37.8 Å². The van der Waals surface area contributed by atoms with Crippen LogP contribution in [0.25, 0.3) is 0 Å². The van der Waals surface area contributed by atoms with Crippen molar-refractivity contribution >= 4 is 5.96 Å². The third-order valence-electron chi connectivity index (χ3n) is 5.41. The van der Waals surface area contributed by atoms with Crippen molar-refractivity contribution < 1.29 is 13.5 Å². The molecule has 2 aromatic carbocycles. The summed E-state index contributed by atoms with van der Waals surface area (Å²) in [5.41, 5.74) is 2.59. The zero-order valence-electron chi connectivity index (χ0n) is 16.4. The highest BCUT2D eigenvalue weighted by molar-refractivity contribution is 5.79. The maximum Gasteiger partial charge on any atom is 0.191 e. The van der Waals surface area contributed by atoms with E-state index < -0.39 is 0 Å². The zero-order chi connectivity index (χ0) is 20.0. The first-order valence-electron chi connectivity index (χ1n) is 9.56. The fourth-order valence-corrected chi connectivity index (χ4v) is 3.61. The van der Waals surface area contributed by atoms with Crippen molar-refractivity contribution in [2.24, 2.45) is 4.99 Å². The summed E-state index contributed by atoms with van der Waals surface area (Å²) in [5, 5.41) is 6.68. The quantitative estimate of drug-likeness (QED) is 0.608. The van der Waals surface area contributed by atoms with Crippen LogP contribution < -0.4 is 10.6 Å². The summed E-state index contributed by atoms with van der Waals surface area (Å²) in [6, 6.07) is 11.8. The van der Waals surface area contributed by atoms with Crippen LogP contribution in [0.3, 0.4) is 0 Å². The lowest BCUT2D eigenvalue weighted by Crippen LogP contribution is -2.47. The van der Waals surface area contributed by atoms with E-state index in [-0.39, 0.29) is 17.0 Å². The Bertz CT molecular complexity index is 815. The first-order chi connectivity index (χ1) is 13.5. The zero-order valence-corrected chi connectivity index (χ0v) is 16.4. The summed E-state index contributed by atoms with van der Waals surface area (Å²) in [7, 11) is 1.72. The van der Waals surface area contributed by atoms with E-state index in [1.54, 1.807) is 20.0 Å². The Kier molecular flexibility index (Phi) is 6.62. The lowest BCUT2D eigenvalue weighted by molar-refractivity contribution is 0.0513. The largest absolute Gasteiger partial charge is 0.381 e. The van der Waals surface area contributed by atoms with Crippen LogP contribution in [-0.4, -0.2) is 32.8 Å². The van der Waals surface area contributed by atoms with Gasteiger partial charge in [-0.05, 0) is 54.7 Å². The van der Waals surface area contributed by atoms with Gasteiger partial charge in [0, 0.05) is 38.8 Å². The lowest BCUT2D eigenvalue weighted by Gasteiger charge is -2.38. The normalized spacial score (nSPS) is 16.6. The molecule has 0 atom stereocenters. The summed E-state index contributed by atoms with van der Waals surface area (Å²) in [5.74, 6) is 0.243. The number of nitrogens with zero attached hydrogens (tertiary/aromatic N) is 1. The number of benzene rings is 2. The molecule has 4 nitrogen and oxygen atoms in total. The number of hydrogen-bond acceptors (Lipinski definition) is 2. The van der Waals surface area contributed by atoms with Gasteiger partial charge in [-0.25, -0.2) is 8.78 Å². The van der Waals surface area contributed by atoms with E-state index in [9.17, 15) is 8.78 Å². The number of rotatable bonds is 5. The molecule has 0 spiro atoms. The number of ether oxygens (including phenoxy) is 1. The summed E-state index contributed by atoms with van der Waals surface area (Å²) in [6.45, 7) is 4.33. The number of guanidine groups is 1. The minimum atomic E-state index is -0.231. The topological polar surface area (TPSA) is 45.7 Å². The van der Waals surface area contributed by atoms with Gasteiger partial charge in [0.05, 0.1) is 0 Å². The third kappa shape index (κ3) is 4.87. The Labute approximate surface area is 165 Å². The van der Waals surface area contributed by atoms with Gasteiger partial charge in [0.1, 0.15) is 11.6 Å². The predicted molar refractivity (Wildman–Crippen MR) is 107 cm³/mol. The van der Waals surface area contributed by atoms with Gasteiger partial charge in [-0.2, -0.15) is 0 Å². The van der Waals surface area contributed by atoms with Gasteiger partial charge < -0.3 is 15.4 Å². The van der Waals surface area contributed by atoms with Crippen LogP contribution in [-0.2, 0) is 16.7 Å². The monoisotopic (exact) mass is 387 g/mol. The molecule has 6 heteroatoms. The molecule has 0 radical (unpaired) electrons. The first kappa shape index (κ1) is 20.3. The summed E-state index contributed by atoms with van der Waals surface area (Å²) in [6.07, 6.45) is 1.72. The van der Waals surface area contributed by atoms with Crippen LogP contribution in [0.2, 0.25) is 0 Å². The molecule has 0 bridgehead atoms. The lowest BCUT2D eigenvalue weighted by atomic mass is 9.74. The molecule has 1 heterocycles. The molecule has 1 fully saturated rings. The van der Waals surface area contributed by atoms with E-state index >= 15 is 0 Å². The van der Waals surface area contributed by atoms with Gasteiger partial charge in [-0.15, -0.1) is 0 Å². The van der Waals surface area contributed by atoms with Crippen LogP contribution in [0.15, 0.2) is 47.5 Å². The summed E-state index contributed by atoms with van der Waals surface area (Å²) in [4.78, 5) is 4.30. The van der Waals surface area contributed by atoms with E-state index in [2.05, 4.69) is 15.6 Å². The average Bonchev–Trinajstić information content (AvgIpc) is 2.72. The SMILES string of the molecule is CN=C(NCc1ccc(F)c(C)c1)NCC1(c2ccc(F)cc2)CCOCC1. The minimum absolute atomic E-state index is 0.129. The van der Waals surface area contributed by atoms with Crippen LogP contribution in [0.5, 0.6) is 0 Å². The summed E-state index contributed by atoms with van der Waals surface area (Å²) >= 11 is 0. The molecule has 0 unspecified atom stereocenters. The van der Waals surface area contributed by atoms with Crippen molar-refractivity contribution in [2.45, 2.75) is 31.7 Å². The van der Waals surface area contributed by atoms with Gasteiger partial charge in [0.15, 0.2) is 5.96 Å². The molecule has 2 aromatic rings. The fraction of sp³-hybridized carbons (Fsp3) is 0.409. The van der Waals surface area contributed by atoms with E-state index in [1.165, 1.54) is 18.2 Å². The molecule has 28 heavy (non-hydrogen) atoms. The van der Waals surface area contributed by atoms with Crippen LogP contribution in [0.1, 0.15) is 29.5 Å². The molecular formula is C22H27F2N3O. The number of hydrogen-bond donors (Lipinski definition) is 2. The highest BCUT2D eigenvalue weighted by atomic mass is 19.1. The first-order valence-corrected chi connectivity index (χ1v) is 9.56. The Morgan fingerprint density at radius 3 is 2.43 bits per heavy atom. The van der Waals surface area contributed by atoms with Gasteiger partial charge in [0.2, 0.25) is 0 Å². The van der Waals surface area contributed by atoms with Crippen molar-refractivity contribution in [1.82, 2.24) is 10.6 Å². The van der Waals surface area contributed by atoms with E-state index in [4.69, 9.17) is 4.74 Å². The Morgan fingerprint density at radius 2 is 1.79 bits per heavy atom. The second kappa shape index (κ2) is 9.15. The smallest absolute Gasteiger partial charge is 0.191 e. The molecule has 1 aliphatic rings. The van der Waals surface area contributed by atoms with Crippen molar-refractivity contribution in [2.75, 3.05) is 26.8 Å². The standard InChI is InChI=1S/C22H27F2N3O/c1-16-13-17(3-8-20(16)24)14-26-21(25-2)27-15-22(9-11-28-12-10-22)18-4-6-19(23)7-5-18/h3-8,13H,9-12,14-15H2,1-2H3,(H2,25,26,27). The maximum absolute atomic E-state index is 13.4. The highest BCUT2D eigenvalue weighted by Gasteiger charge is 2.34. The van der Waals surface area contributed by atoms with E-state index in [1.807, 2.05) is 18.2 Å². The van der Waals surface area contributed by atoms with Crippen molar-refractivity contribution in [3.05, 3.63) is 70.8 Å². The van der Waals surface area contributed by atoms with Crippen LogP contribution >= 0.6 is 0 Å². The molecule has 1 saturated heterocycles. The van der Waals surface area contributed by atoms with Gasteiger partial charge in [0.25, 0.3) is 0 Å². The third-order valence-corrected chi connectivity index (χ3v) is 5.41. The highest BCUT2D eigenvalue weighted by Crippen LogP contribution is 2.34. The van der Waals surface area contributed by atoms with Gasteiger partial charge >= 0.3 is 0 Å². The Hall–Kier alpha value is -2.47. The molecular weight excluding hydrogens is 360 g/mol. The summed E-state index contributed by atoms with van der Waals surface area (Å²) < 4.78 is 32.3. The number of aliphatic imine (C=N–C) groups is 1. The molecule has 150 valence electrons. The number of nitrogens with one attached hydrogen (secondary N) is 2. The average molecular weight is 387 g/mol. The van der Waals surface area contributed by atoms with E-state index in [0.717, 1.165) is 24.0 Å².